The molecule has 1 aliphatic heterocycles. The predicted octanol–water partition coefficient (Wildman–Crippen LogP) is 0.513. The number of cyclic esters (lactones) is 2. The number of carbonyl (C=O) groups is 4. The standard InChI is InChI=1S/C20H20N4O6/c1-11-19(27)29-9-13-5-3-6-14(23-13)10-30-20(28)12(2)22-18(26)16-8-4-7-15(24-16)17(25)21-11/h3-8,11-12H,9-10H2,1-2H3,(H,21,25)(H,22,26)/t11-,12-/m0/s1. The highest BCUT2D eigenvalue weighted by Crippen LogP contribution is 2.07. The van der Waals surface area contributed by atoms with E-state index in [1.807, 2.05) is 0 Å². The second-order valence-corrected chi connectivity index (χ2v) is 6.63. The Morgan fingerprint density at radius 3 is 1.63 bits per heavy atom. The Bertz CT molecular complexity index is 922. The van der Waals surface area contributed by atoms with E-state index in [4.69, 9.17) is 9.47 Å². The third-order valence-corrected chi connectivity index (χ3v) is 4.21. The molecule has 156 valence electrons. The lowest BCUT2D eigenvalue weighted by molar-refractivity contribution is -0.147. The van der Waals surface area contributed by atoms with Gasteiger partial charge in [-0.05, 0) is 38.1 Å². The predicted molar refractivity (Wildman–Crippen MR) is 102 cm³/mol. The third-order valence-electron chi connectivity index (χ3n) is 4.21. The van der Waals surface area contributed by atoms with Crippen LogP contribution in [0.5, 0.6) is 0 Å². The first-order chi connectivity index (χ1) is 14.3. The minimum absolute atomic E-state index is 0.0620. The van der Waals surface area contributed by atoms with Crippen LogP contribution in [0.15, 0.2) is 36.4 Å². The highest BCUT2D eigenvalue weighted by Gasteiger charge is 2.22. The topological polar surface area (TPSA) is 137 Å². The molecule has 10 heteroatoms. The monoisotopic (exact) mass is 412 g/mol. The fourth-order valence-electron chi connectivity index (χ4n) is 2.58. The lowest BCUT2D eigenvalue weighted by atomic mass is 10.2. The number of rotatable bonds is 0. The van der Waals surface area contributed by atoms with Crippen molar-refractivity contribution in [3.05, 3.63) is 59.2 Å². The quantitative estimate of drug-likeness (QED) is 0.598. The van der Waals surface area contributed by atoms with Crippen molar-refractivity contribution >= 4 is 23.8 Å². The molecule has 1 aliphatic rings. The minimum atomic E-state index is -0.945. The summed E-state index contributed by atoms with van der Waals surface area (Å²) in [5.41, 5.74) is 0.778. The maximum absolute atomic E-state index is 12.4. The van der Waals surface area contributed by atoms with Crippen molar-refractivity contribution in [1.29, 1.82) is 0 Å². The molecule has 2 aromatic heterocycles. The van der Waals surface area contributed by atoms with Gasteiger partial charge in [0.15, 0.2) is 0 Å². The number of hydrogen-bond donors (Lipinski definition) is 2. The number of aromatic nitrogens is 2. The number of carbonyl (C=O) groups excluding carboxylic acids is 4. The molecular weight excluding hydrogens is 392 g/mol. The number of hydrogen-bond acceptors (Lipinski definition) is 8. The molecule has 0 saturated carbocycles. The van der Waals surface area contributed by atoms with E-state index in [2.05, 4.69) is 20.6 Å². The van der Waals surface area contributed by atoms with E-state index in [0.29, 0.717) is 11.4 Å². The van der Waals surface area contributed by atoms with Crippen LogP contribution < -0.4 is 10.6 Å². The number of esters is 2. The van der Waals surface area contributed by atoms with Gasteiger partial charge in [0.2, 0.25) is 0 Å². The van der Waals surface area contributed by atoms with E-state index in [1.54, 1.807) is 18.2 Å². The Morgan fingerprint density at radius 1 is 0.733 bits per heavy atom. The van der Waals surface area contributed by atoms with Crippen molar-refractivity contribution in [3.8, 4) is 0 Å². The van der Waals surface area contributed by atoms with Crippen LogP contribution in [-0.2, 0) is 32.3 Å². The Balaban J connectivity index is 1.87. The molecule has 0 aliphatic carbocycles. The number of pyridine rings is 2. The van der Waals surface area contributed by atoms with Gasteiger partial charge in [0.1, 0.15) is 36.7 Å². The highest BCUT2D eigenvalue weighted by molar-refractivity contribution is 5.98. The van der Waals surface area contributed by atoms with Crippen LogP contribution in [-0.4, -0.2) is 45.8 Å². The van der Waals surface area contributed by atoms with Crippen LogP contribution in [0.2, 0.25) is 0 Å². The maximum atomic E-state index is 12.4. The first-order valence-corrected chi connectivity index (χ1v) is 9.20. The van der Waals surface area contributed by atoms with Gasteiger partial charge in [-0.2, -0.15) is 0 Å². The molecule has 2 atom stereocenters. The molecule has 2 amide bonds. The first-order valence-electron chi connectivity index (χ1n) is 9.20. The summed E-state index contributed by atoms with van der Waals surface area (Å²) in [7, 11) is 0. The zero-order valence-electron chi connectivity index (χ0n) is 16.4. The second-order valence-electron chi connectivity index (χ2n) is 6.63. The summed E-state index contributed by atoms with van der Waals surface area (Å²) in [6.45, 7) is 2.72. The van der Waals surface area contributed by atoms with E-state index in [9.17, 15) is 19.2 Å². The van der Waals surface area contributed by atoms with Crippen LogP contribution >= 0.6 is 0 Å². The van der Waals surface area contributed by atoms with Gasteiger partial charge < -0.3 is 20.1 Å². The van der Waals surface area contributed by atoms with Crippen LogP contribution in [0.25, 0.3) is 0 Å². The van der Waals surface area contributed by atoms with Gasteiger partial charge in [-0.15, -0.1) is 0 Å². The molecule has 3 rings (SSSR count). The van der Waals surface area contributed by atoms with Gasteiger partial charge in [-0.1, -0.05) is 12.1 Å². The van der Waals surface area contributed by atoms with Crippen molar-refractivity contribution < 1.29 is 28.7 Å². The van der Waals surface area contributed by atoms with E-state index in [0.717, 1.165) is 0 Å². The summed E-state index contributed by atoms with van der Waals surface area (Å²) in [5.74, 6) is -2.62. The average molecular weight is 412 g/mol. The molecule has 2 aromatic rings. The molecule has 3 heterocycles. The summed E-state index contributed by atoms with van der Waals surface area (Å²) in [5, 5.41) is 4.96. The van der Waals surface area contributed by atoms with Crippen LogP contribution in [0.3, 0.4) is 0 Å². The maximum Gasteiger partial charge on any atom is 0.328 e. The number of fused-ring (bicyclic) bond motifs is 4. The lowest BCUT2D eigenvalue weighted by Crippen LogP contribution is -2.41. The van der Waals surface area contributed by atoms with E-state index < -0.39 is 35.8 Å². The van der Waals surface area contributed by atoms with Gasteiger partial charge in [0.25, 0.3) is 11.8 Å². The fourth-order valence-corrected chi connectivity index (χ4v) is 2.58. The summed E-state index contributed by atoms with van der Waals surface area (Å²) < 4.78 is 10.4. The number of nitrogens with one attached hydrogen (secondary N) is 2. The molecule has 2 N–H and O–H groups in total. The Labute approximate surface area is 172 Å². The smallest absolute Gasteiger partial charge is 0.328 e. The van der Waals surface area contributed by atoms with Gasteiger partial charge in [0, 0.05) is 0 Å². The van der Waals surface area contributed by atoms with Crippen molar-refractivity contribution in [2.45, 2.75) is 39.1 Å². The molecule has 0 unspecified atom stereocenters. The molecule has 0 radical (unpaired) electrons. The van der Waals surface area contributed by atoms with Gasteiger partial charge in [-0.25, -0.2) is 14.6 Å². The molecule has 0 fully saturated rings. The highest BCUT2D eigenvalue weighted by atomic mass is 16.5. The first kappa shape index (κ1) is 20.9. The SMILES string of the molecule is C[C@@H]1NC(=O)c2cccc(n2)C(=O)N[C@@H](C)C(=O)OCc2cccc(n2)COC1=O. The molecule has 0 spiro atoms. The largest absolute Gasteiger partial charge is 0.458 e. The normalized spacial score (nSPS) is 20.7. The van der Waals surface area contributed by atoms with Crippen molar-refractivity contribution in [1.82, 2.24) is 20.6 Å². The van der Waals surface area contributed by atoms with E-state index in [-0.39, 0.29) is 24.6 Å². The minimum Gasteiger partial charge on any atom is -0.458 e. The fraction of sp³-hybridized carbons (Fsp3) is 0.300. The Morgan fingerprint density at radius 2 is 1.17 bits per heavy atom. The summed E-state index contributed by atoms with van der Waals surface area (Å²) in [6, 6.07) is 7.37. The van der Waals surface area contributed by atoms with Gasteiger partial charge in [0.05, 0.1) is 11.4 Å². The molecule has 30 heavy (non-hydrogen) atoms. The molecule has 0 aromatic carbocycles. The molecule has 4 bridgehead atoms. The van der Waals surface area contributed by atoms with Crippen molar-refractivity contribution in [2.24, 2.45) is 0 Å². The van der Waals surface area contributed by atoms with Gasteiger partial charge >= 0.3 is 11.9 Å². The Kier molecular flexibility index (Phi) is 6.35. The van der Waals surface area contributed by atoms with Crippen LogP contribution in [0.4, 0.5) is 0 Å². The molecule has 10 nitrogen and oxygen atoms in total. The molecular formula is C20H20N4O6. The van der Waals surface area contributed by atoms with Gasteiger partial charge in [-0.3, -0.25) is 14.6 Å². The zero-order valence-corrected chi connectivity index (χ0v) is 16.4. The third kappa shape index (κ3) is 5.16. The second kappa shape index (κ2) is 9.12. The number of amides is 2. The summed E-state index contributed by atoms with van der Waals surface area (Å²) >= 11 is 0. The van der Waals surface area contributed by atoms with Crippen LogP contribution in [0.1, 0.15) is 46.2 Å². The van der Waals surface area contributed by atoms with Crippen molar-refractivity contribution in [3.63, 3.8) is 0 Å². The number of nitrogens with zero attached hydrogens (tertiary/aromatic N) is 2. The van der Waals surface area contributed by atoms with E-state index >= 15 is 0 Å². The van der Waals surface area contributed by atoms with Crippen molar-refractivity contribution in [2.75, 3.05) is 0 Å². The van der Waals surface area contributed by atoms with Crippen LogP contribution in [0, 0.1) is 0 Å². The summed E-state index contributed by atoms with van der Waals surface area (Å²) in [6.07, 6.45) is 0. The zero-order chi connectivity index (χ0) is 21.7. The number of ether oxygens (including phenoxy) is 2. The molecule has 0 saturated heterocycles. The Hall–Kier alpha value is -3.82. The average Bonchev–Trinajstić information content (AvgIpc) is 2.75. The summed E-state index contributed by atoms with van der Waals surface area (Å²) in [4.78, 5) is 57.4. The lowest BCUT2D eigenvalue weighted by Gasteiger charge is -2.15. The van der Waals surface area contributed by atoms with E-state index in [1.165, 1.54) is 32.0 Å².